The molecule has 2 unspecified atom stereocenters. The topological polar surface area (TPSA) is 102 Å². The molecule has 1 N–H and O–H groups in total. The van der Waals surface area contributed by atoms with Gasteiger partial charge in [-0.15, -0.1) is 0 Å². The summed E-state index contributed by atoms with van der Waals surface area (Å²) in [5.41, 5.74) is 0. The molecule has 8 nitrogen and oxygen atoms in total. The molecule has 0 aromatic heterocycles. The van der Waals surface area contributed by atoms with Gasteiger partial charge in [-0.05, 0) is 96.7 Å². The van der Waals surface area contributed by atoms with E-state index in [-0.39, 0.29) is 24.1 Å². The Labute approximate surface area is 323 Å². The van der Waals surface area contributed by atoms with Gasteiger partial charge in [-0.25, -0.2) is 13.1 Å². The van der Waals surface area contributed by atoms with E-state index in [0.717, 1.165) is 142 Å². The molecule has 0 aliphatic rings. The standard InChI is InChI=1S/C43H86N2O6S/c1-6-10-13-17-24-32-40(30-9-4)50-42(46)34-25-18-15-20-27-37-45(39-29-36-44-52(5,48)49)38-28-21-16-19-26-35-43(47)51-41(31-22-12-8-3)33-23-14-11-7-2/h40-41,44H,6-39H2,1-5H3. The fraction of sp³-hybridized carbons (Fsp3) is 0.953. The minimum Gasteiger partial charge on any atom is -0.462 e. The maximum absolute atomic E-state index is 12.6. The van der Waals surface area contributed by atoms with Crippen LogP contribution in [0.1, 0.15) is 220 Å². The van der Waals surface area contributed by atoms with E-state index < -0.39 is 10.0 Å². The molecule has 0 rings (SSSR count). The molecule has 9 heteroatoms. The first-order chi connectivity index (χ1) is 25.1. The maximum Gasteiger partial charge on any atom is 0.306 e. The molecule has 0 radical (unpaired) electrons. The highest BCUT2D eigenvalue weighted by Gasteiger charge is 2.15. The van der Waals surface area contributed by atoms with Gasteiger partial charge in [-0.2, -0.15) is 0 Å². The summed E-state index contributed by atoms with van der Waals surface area (Å²) < 4.78 is 37.4. The number of unbranched alkanes of at least 4 members (excludes halogenated alkanes) is 17. The molecule has 0 spiro atoms. The van der Waals surface area contributed by atoms with Gasteiger partial charge < -0.3 is 14.4 Å². The van der Waals surface area contributed by atoms with Crippen LogP contribution in [0.4, 0.5) is 0 Å². The Morgan fingerprint density at radius 3 is 1.33 bits per heavy atom. The zero-order chi connectivity index (χ0) is 38.5. The lowest BCUT2D eigenvalue weighted by molar-refractivity contribution is -0.151. The van der Waals surface area contributed by atoms with Crippen molar-refractivity contribution in [3.05, 3.63) is 0 Å². The van der Waals surface area contributed by atoms with Crippen LogP contribution in [0.15, 0.2) is 0 Å². The highest BCUT2D eigenvalue weighted by atomic mass is 32.2. The molecule has 310 valence electrons. The molecule has 0 aromatic carbocycles. The van der Waals surface area contributed by atoms with Crippen LogP contribution < -0.4 is 4.72 Å². The predicted molar refractivity (Wildman–Crippen MR) is 220 cm³/mol. The van der Waals surface area contributed by atoms with Crippen molar-refractivity contribution in [1.82, 2.24) is 9.62 Å². The van der Waals surface area contributed by atoms with Gasteiger partial charge in [0.2, 0.25) is 10.0 Å². The van der Waals surface area contributed by atoms with Crippen LogP contribution in [-0.2, 0) is 29.1 Å². The van der Waals surface area contributed by atoms with Gasteiger partial charge in [0, 0.05) is 19.4 Å². The molecule has 0 aliphatic carbocycles. The molecule has 0 aromatic rings. The fourth-order valence-corrected chi connectivity index (χ4v) is 7.41. The largest absolute Gasteiger partial charge is 0.462 e. The van der Waals surface area contributed by atoms with E-state index in [9.17, 15) is 18.0 Å². The number of rotatable bonds is 40. The van der Waals surface area contributed by atoms with Gasteiger partial charge in [0.15, 0.2) is 0 Å². The van der Waals surface area contributed by atoms with Crippen molar-refractivity contribution < 1.29 is 27.5 Å². The van der Waals surface area contributed by atoms with Crippen molar-refractivity contribution in [1.29, 1.82) is 0 Å². The number of sulfonamides is 1. The molecule has 0 bridgehead atoms. The first-order valence-corrected chi connectivity index (χ1v) is 24.1. The molecule has 52 heavy (non-hydrogen) atoms. The van der Waals surface area contributed by atoms with Crippen LogP contribution in [0.25, 0.3) is 0 Å². The van der Waals surface area contributed by atoms with E-state index in [1.807, 2.05) is 0 Å². The zero-order valence-corrected chi connectivity index (χ0v) is 35.8. The predicted octanol–water partition coefficient (Wildman–Crippen LogP) is 11.4. The fourth-order valence-electron chi connectivity index (χ4n) is 6.90. The zero-order valence-electron chi connectivity index (χ0n) is 35.0. The summed E-state index contributed by atoms with van der Waals surface area (Å²) in [6, 6.07) is 0. The number of carbonyl (C=O) groups is 2. The summed E-state index contributed by atoms with van der Waals surface area (Å²) in [6.07, 6.45) is 33.5. The SMILES string of the molecule is CCCCCCCC(CCC)OC(=O)CCCCCCCN(CCCCCCCC(=O)OC(CCCCC)CCCCCC)CCCNS(C)(=O)=O. The molecule has 0 aliphatic heterocycles. The average molecular weight is 759 g/mol. The highest BCUT2D eigenvalue weighted by Crippen LogP contribution is 2.18. The number of hydrogen-bond donors (Lipinski definition) is 1. The summed E-state index contributed by atoms with van der Waals surface area (Å²) in [6.45, 7) is 12.2. The maximum atomic E-state index is 12.6. The Kier molecular flexibility index (Phi) is 35.9. The van der Waals surface area contributed by atoms with Crippen LogP contribution >= 0.6 is 0 Å². The average Bonchev–Trinajstić information content (AvgIpc) is 3.10. The second-order valence-electron chi connectivity index (χ2n) is 15.5. The van der Waals surface area contributed by atoms with E-state index in [2.05, 4.69) is 37.3 Å². The smallest absolute Gasteiger partial charge is 0.306 e. The molecule has 0 heterocycles. The Morgan fingerprint density at radius 2 is 0.846 bits per heavy atom. The van der Waals surface area contributed by atoms with Gasteiger partial charge in [0.05, 0.1) is 6.26 Å². The second kappa shape index (κ2) is 36.8. The summed E-state index contributed by atoms with van der Waals surface area (Å²) in [5, 5.41) is 0. The third-order valence-electron chi connectivity index (χ3n) is 10.1. The molecular weight excluding hydrogens is 673 g/mol. The molecule has 0 saturated heterocycles. The van der Waals surface area contributed by atoms with Gasteiger partial charge in [-0.1, -0.05) is 130 Å². The third kappa shape index (κ3) is 35.8. The molecule has 0 fully saturated rings. The van der Waals surface area contributed by atoms with Crippen molar-refractivity contribution in [2.75, 3.05) is 32.4 Å². The minimum absolute atomic E-state index is 0.0186. The quantitative estimate of drug-likeness (QED) is 0.0490. The Morgan fingerprint density at radius 1 is 0.481 bits per heavy atom. The molecule has 0 amide bonds. The number of nitrogens with one attached hydrogen (secondary N) is 1. The summed E-state index contributed by atoms with van der Waals surface area (Å²) in [7, 11) is -3.17. The molecule has 2 atom stereocenters. The number of nitrogens with zero attached hydrogens (tertiary/aromatic N) is 1. The van der Waals surface area contributed by atoms with E-state index in [1.54, 1.807) is 0 Å². The van der Waals surface area contributed by atoms with Crippen molar-refractivity contribution in [2.45, 2.75) is 233 Å². The van der Waals surface area contributed by atoms with Crippen LogP contribution in [0.5, 0.6) is 0 Å². The van der Waals surface area contributed by atoms with Crippen molar-refractivity contribution in [2.24, 2.45) is 0 Å². The Hall–Kier alpha value is -1.19. The van der Waals surface area contributed by atoms with Crippen molar-refractivity contribution >= 4 is 22.0 Å². The van der Waals surface area contributed by atoms with Gasteiger partial charge in [0.1, 0.15) is 12.2 Å². The number of hydrogen-bond acceptors (Lipinski definition) is 7. The normalized spacial score (nSPS) is 13.0. The van der Waals surface area contributed by atoms with Crippen LogP contribution in [0, 0.1) is 0 Å². The van der Waals surface area contributed by atoms with Crippen molar-refractivity contribution in [3.8, 4) is 0 Å². The number of esters is 2. The monoisotopic (exact) mass is 759 g/mol. The lowest BCUT2D eigenvalue weighted by Crippen LogP contribution is -2.31. The van der Waals surface area contributed by atoms with E-state index >= 15 is 0 Å². The first kappa shape index (κ1) is 50.8. The summed E-state index contributed by atoms with van der Waals surface area (Å²) in [4.78, 5) is 27.5. The molecular formula is C43H86N2O6S. The third-order valence-corrected chi connectivity index (χ3v) is 10.8. The molecule has 0 saturated carbocycles. The van der Waals surface area contributed by atoms with Gasteiger partial charge in [0.25, 0.3) is 0 Å². The lowest BCUT2D eigenvalue weighted by Gasteiger charge is -2.22. The second-order valence-corrected chi connectivity index (χ2v) is 17.3. The summed E-state index contributed by atoms with van der Waals surface area (Å²) >= 11 is 0. The summed E-state index contributed by atoms with van der Waals surface area (Å²) in [5.74, 6) is -0.0460. The lowest BCUT2D eigenvalue weighted by atomic mass is 10.0. The van der Waals surface area contributed by atoms with Crippen LogP contribution in [-0.4, -0.2) is 69.9 Å². The number of carbonyl (C=O) groups excluding carboxylic acids is 2. The van der Waals surface area contributed by atoms with E-state index in [1.165, 1.54) is 64.0 Å². The van der Waals surface area contributed by atoms with Gasteiger partial charge >= 0.3 is 11.9 Å². The minimum atomic E-state index is -3.17. The van der Waals surface area contributed by atoms with Crippen LogP contribution in [0.3, 0.4) is 0 Å². The number of ether oxygens (including phenoxy) is 2. The van der Waals surface area contributed by atoms with Gasteiger partial charge in [-0.3, -0.25) is 9.59 Å². The van der Waals surface area contributed by atoms with Crippen LogP contribution in [0.2, 0.25) is 0 Å². The Bertz CT molecular complexity index is 915. The van der Waals surface area contributed by atoms with Crippen molar-refractivity contribution in [3.63, 3.8) is 0 Å². The van der Waals surface area contributed by atoms with E-state index in [4.69, 9.17) is 9.47 Å². The van der Waals surface area contributed by atoms with E-state index in [0.29, 0.717) is 19.4 Å². The Balaban J connectivity index is 4.36. The highest BCUT2D eigenvalue weighted by molar-refractivity contribution is 7.88. The first-order valence-electron chi connectivity index (χ1n) is 22.2.